The highest BCUT2D eigenvalue weighted by atomic mass is 16.5. The Morgan fingerprint density at radius 2 is 1.74 bits per heavy atom. The highest BCUT2D eigenvalue weighted by molar-refractivity contribution is 5.79. The fourth-order valence-corrected chi connectivity index (χ4v) is 3.31. The summed E-state index contributed by atoms with van der Waals surface area (Å²) in [6.07, 6.45) is 1.85. The minimum Gasteiger partial charge on any atom is -0.496 e. The molecule has 0 spiro atoms. The van der Waals surface area contributed by atoms with Crippen LogP contribution in [-0.2, 0) is 13.1 Å². The Hall–Kier alpha value is -3.68. The molecular weight excluding hydrogens is 394 g/mol. The van der Waals surface area contributed by atoms with Gasteiger partial charge in [0.2, 0.25) is 0 Å². The zero-order chi connectivity index (χ0) is 22.2. The Morgan fingerprint density at radius 1 is 1.06 bits per heavy atom. The largest absolute Gasteiger partial charge is 0.496 e. The smallest absolute Gasteiger partial charge is 0.194 e. The van der Waals surface area contributed by atoms with Crippen LogP contribution < -0.4 is 19.5 Å². The Kier molecular flexibility index (Phi) is 7.37. The number of H-pyrrole nitrogens is 1. The Labute approximate surface area is 182 Å². The molecule has 164 valence electrons. The van der Waals surface area contributed by atoms with Gasteiger partial charge in [-0.15, -0.1) is 0 Å². The van der Waals surface area contributed by atoms with Crippen molar-refractivity contribution in [3.8, 4) is 28.5 Å². The number of aromatic nitrogens is 2. The lowest BCUT2D eigenvalue weighted by Crippen LogP contribution is -2.38. The number of hydrogen-bond donors (Lipinski definition) is 2. The van der Waals surface area contributed by atoms with Crippen molar-refractivity contribution in [3.63, 3.8) is 0 Å². The zero-order valence-electron chi connectivity index (χ0n) is 18.6. The second-order valence-electron chi connectivity index (χ2n) is 6.88. The van der Waals surface area contributed by atoms with E-state index in [0.717, 1.165) is 28.6 Å². The molecule has 0 bridgehead atoms. The molecule has 3 aromatic rings. The number of benzene rings is 2. The molecule has 1 heterocycles. The van der Waals surface area contributed by atoms with E-state index in [9.17, 15) is 0 Å². The number of imidazole rings is 1. The molecule has 1 aromatic heterocycles. The maximum absolute atomic E-state index is 5.53. The predicted molar refractivity (Wildman–Crippen MR) is 122 cm³/mol. The molecule has 0 saturated carbocycles. The Bertz CT molecular complexity index is 992. The first kappa shape index (κ1) is 22.0. The minimum atomic E-state index is 0.473. The van der Waals surface area contributed by atoms with Crippen LogP contribution in [-0.4, -0.2) is 56.3 Å². The van der Waals surface area contributed by atoms with Crippen LogP contribution in [0.4, 0.5) is 0 Å². The fraction of sp³-hybridized carbons (Fsp3) is 0.304. The van der Waals surface area contributed by atoms with E-state index in [1.165, 1.54) is 0 Å². The molecule has 0 amide bonds. The van der Waals surface area contributed by atoms with Crippen LogP contribution in [0.2, 0.25) is 0 Å². The van der Waals surface area contributed by atoms with E-state index in [4.69, 9.17) is 14.2 Å². The molecule has 0 fully saturated rings. The van der Waals surface area contributed by atoms with Crippen LogP contribution in [0.5, 0.6) is 17.2 Å². The highest BCUT2D eigenvalue weighted by Crippen LogP contribution is 2.33. The van der Waals surface area contributed by atoms with E-state index in [1.54, 1.807) is 28.4 Å². The predicted octanol–water partition coefficient (Wildman–Crippen LogP) is 3.31. The number of hydrogen-bond acceptors (Lipinski definition) is 5. The van der Waals surface area contributed by atoms with E-state index >= 15 is 0 Å². The number of nitrogens with one attached hydrogen (secondary N) is 2. The van der Waals surface area contributed by atoms with Crippen LogP contribution in [0.3, 0.4) is 0 Å². The van der Waals surface area contributed by atoms with Crippen LogP contribution in [0.1, 0.15) is 11.4 Å². The van der Waals surface area contributed by atoms with Gasteiger partial charge in [0.25, 0.3) is 0 Å². The van der Waals surface area contributed by atoms with Crippen molar-refractivity contribution in [2.24, 2.45) is 4.99 Å². The van der Waals surface area contributed by atoms with E-state index in [-0.39, 0.29) is 0 Å². The van der Waals surface area contributed by atoms with Crippen LogP contribution in [0.25, 0.3) is 11.3 Å². The van der Waals surface area contributed by atoms with Gasteiger partial charge in [0.05, 0.1) is 51.9 Å². The third-order valence-corrected chi connectivity index (χ3v) is 4.91. The minimum absolute atomic E-state index is 0.473. The SMILES string of the molecule is CN=C(NCc1c(OC)cc(OC)cc1OC)N(C)Cc1ncc(-c2ccccc2)[nH]1. The third kappa shape index (κ3) is 5.28. The van der Waals surface area contributed by atoms with Crippen LogP contribution >= 0.6 is 0 Å². The van der Waals surface area contributed by atoms with Crippen molar-refractivity contribution >= 4 is 5.96 Å². The van der Waals surface area contributed by atoms with E-state index in [0.29, 0.717) is 30.3 Å². The van der Waals surface area contributed by atoms with Crippen molar-refractivity contribution < 1.29 is 14.2 Å². The van der Waals surface area contributed by atoms with Crippen molar-refractivity contribution in [2.75, 3.05) is 35.4 Å². The summed E-state index contributed by atoms with van der Waals surface area (Å²) >= 11 is 0. The van der Waals surface area contributed by atoms with Gasteiger partial charge in [-0.3, -0.25) is 4.99 Å². The quantitative estimate of drug-likeness (QED) is 0.427. The summed E-state index contributed by atoms with van der Waals surface area (Å²) in [6, 6.07) is 13.8. The van der Waals surface area contributed by atoms with Gasteiger partial charge >= 0.3 is 0 Å². The molecule has 8 heteroatoms. The number of rotatable bonds is 8. The van der Waals surface area contributed by atoms with Gasteiger partial charge in [0, 0.05) is 26.2 Å². The van der Waals surface area contributed by atoms with Crippen LogP contribution in [0.15, 0.2) is 53.7 Å². The summed E-state index contributed by atoms with van der Waals surface area (Å²) < 4.78 is 16.4. The third-order valence-electron chi connectivity index (χ3n) is 4.91. The van der Waals surface area contributed by atoms with Gasteiger partial charge in [0.15, 0.2) is 5.96 Å². The monoisotopic (exact) mass is 423 g/mol. The molecule has 0 aliphatic heterocycles. The fourth-order valence-electron chi connectivity index (χ4n) is 3.31. The lowest BCUT2D eigenvalue weighted by Gasteiger charge is -2.22. The number of guanidine groups is 1. The molecule has 2 N–H and O–H groups in total. The summed E-state index contributed by atoms with van der Waals surface area (Å²) in [4.78, 5) is 14.3. The molecule has 8 nitrogen and oxygen atoms in total. The average Bonchev–Trinajstić information content (AvgIpc) is 3.28. The number of ether oxygens (including phenoxy) is 3. The molecule has 0 saturated heterocycles. The maximum Gasteiger partial charge on any atom is 0.194 e. The van der Waals surface area contributed by atoms with Gasteiger partial charge in [-0.25, -0.2) is 4.98 Å². The Balaban J connectivity index is 1.69. The number of methoxy groups -OCH3 is 3. The first-order valence-corrected chi connectivity index (χ1v) is 9.89. The first-order chi connectivity index (χ1) is 15.1. The van der Waals surface area contributed by atoms with E-state index in [1.807, 2.05) is 48.5 Å². The van der Waals surface area contributed by atoms with E-state index < -0.39 is 0 Å². The maximum atomic E-state index is 5.53. The molecule has 2 aromatic carbocycles. The standard InChI is InChI=1S/C23H29N5O3/c1-24-23(26-13-18-20(30-4)11-17(29-3)12-21(18)31-5)28(2)15-22-25-14-19(27-22)16-9-7-6-8-10-16/h6-12,14H,13,15H2,1-5H3,(H,24,26)(H,25,27). The van der Waals surface area contributed by atoms with Gasteiger partial charge in [-0.2, -0.15) is 0 Å². The molecular formula is C23H29N5O3. The molecule has 0 radical (unpaired) electrons. The second kappa shape index (κ2) is 10.4. The molecule has 0 atom stereocenters. The van der Waals surface area contributed by atoms with Crippen molar-refractivity contribution in [1.82, 2.24) is 20.2 Å². The summed E-state index contributed by atoms with van der Waals surface area (Å²) in [7, 11) is 8.57. The number of aromatic amines is 1. The first-order valence-electron chi connectivity index (χ1n) is 9.89. The topological polar surface area (TPSA) is 84.0 Å². The lowest BCUT2D eigenvalue weighted by molar-refractivity contribution is 0.367. The molecule has 0 aliphatic carbocycles. The summed E-state index contributed by atoms with van der Waals surface area (Å²) in [5.41, 5.74) is 2.97. The average molecular weight is 424 g/mol. The van der Waals surface area contributed by atoms with Crippen molar-refractivity contribution in [1.29, 1.82) is 0 Å². The van der Waals surface area contributed by atoms with Gasteiger partial charge in [0.1, 0.15) is 23.1 Å². The second-order valence-corrected chi connectivity index (χ2v) is 6.88. The van der Waals surface area contributed by atoms with Gasteiger partial charge in [-0.05, 0) is 5.56 Å². The molecule has 0 unspecified atom stereocenters. The van der Waals surface area contributed by atoms with Gasteiger partial charge in [-0.1, -0.05) is 30.3 Å². The zero-order valence-corrected chi connectivity index (χ0v) is 18.6. The summed E-state index contributed by atoms with van der Waals surface area (Å²) in [5.74, 6) is 3.60. The number of aliphatic imine (C=N–C) groups is 1. The van der Waals surface area contributed by atoms with Crippen molar-refractivity contribution in [3.05, 3.63) is 60.0 Å². The molecule has 3 rings (SSSR count). The lowest BCUT2D eigenvalue weighted by atomic mass is 10.1. The normalized spacial score (nSPS) is 11.2. The molecule has 31 heavy (non-hydrogen) atoms. The molecule has 0 aliphatic rings. The van der Waals surface area contributed by atoms with Crippen LogP contribution in [0, 0.1) is 0 Å². The Morgan fingerprint density at radius 3 is 2.32 bits per heavy atom. The summed E-state index contributed by atoms with van der Waals surface area (Å²) in [5, 5.41) is 3.36. The van der Waals surface area contributed by atoms with Gasteiger partial charge < -0.3 is 29.4 Å². The summed E-state index contributed by atoms with van der Waals surface area (Å²) in [6.45, 7) is 1.05. The highest BCUT2D eigenvalue weighted by Gasteiger charge is 2.15. The van der Waals surface area contributed by atoms with E-state index in [2.05, 4.69) is 32.4 Å². The number of nitrogens with zero attached hydrogens (tertiary/aromatic N) is 3. The van der Waals surface area contributed by atoms with Crippen molar-refractivity contribution in [2.45, 2.75) is 13.1 Å².